The molecule has 16 N–H and O–H groups in total. The van der Waals surface area contributed by atoms with Crippen molar-refractivity contribution in [2.75, 3.05) is 19.6 Å². The van der Waals surface area contributed by atoms with E-state index in [1.54, 1.807) is 0 Å². The smallest absolute Gasteiger partial charge is 0.326 e. The van der Waals surface area contributed by atoms with Gasteiger partial charge in [0, 0.05) is 13.0 Å². The molecule has 0 saturated carbocycles. The van der Waals surface area contributed by atoms with E-state index in [1.807, 2.05) is 119 Å². The maximum absolute atomic E-state index is 14.0. The Morgan fingerprint density at radius 1 is 0.493 bits per heavy atom. The summed E-state index contributed by atoms with van der Waals surface area (Å²) < 4.78 is 0. The van der Waals surface area contributed by atoms with Gasteiger partial charge in [-0.3, -0.25) is 33.6 Å². The van der Waals surface area contributed by atoms with Gasteiger partial charge in [-0.25, -0.2) is 4.79 Å². The summed E-state index contributed by atoms with van der Waals surface area (Å²) in [7, 11) is 0. The molecule has 7 atom stereocenters. The molecule has 0 aliphatic rings. The lowest BCUT2D eigenvalue weighted by Gasteiger charge is -2.27. The molecule has 0 aliphatic heterocycles. The van der Waals surface area contributed by atoms with Crippen LogP contribution in [0.15, 0.2) is 103 Å². The van der Waals surface area contributed by atoms with Crippen LogP contribution in [0.25, 0.3) is 0 Å². The van der Waals surface area contributed by atoms with E-state index >= 15 is 0 Å². The van der Waals surface area contributed by atoms with Crippen LogP contribution in [0.2, 0.25) is 0 Å². The second-order valence-corrected chi connectivity index (χ2v) is 19.6. The van der Waals surface area contributed by atoms with Crippen LogP contribution in [0.4, 0.5) is 0 Å². The molecule has 0 spiro atoms. The van der Waals surface area contributed by atoms with Crippen LogP contribution in [0, 0.1) is 11.8 Å². The van der Waals surface area contributed by atoms with Crippen molar-refractivity contribution < 1.29 is 43.5 Å². The first-order chi connectivity index (χ1) is 35.8. The third kappa shape index (κ3) is 23.8. The summed E-state index contributed by atoms with van der Waals surface area (Å²) in [5, 5.41) is 29.0. The van der Waals surface area contributed by atoms with Gasteiger partial charge in [0.1, 0.15) is 35.9 Å². The molecule has 0 saturated heterocycles. The van der Waals surface area contributed by atoms with Crippen molar-refractivity contribution in [1.29, 1.82) is 0 Å². The molecule has 0 fully saturated rings. The Morgan fingerprint density at radius 2 is 0.933 bits per heavy atom. The summed E-state index contributed by atoms with van der Waals surface area (Å²) in [5.74, 6) is -5.85. The van der Waals surface area contributed by atoms with E-state index in [-0.39, 0.29) is 101 Å². The molecule has 7 amide bonds. The topological polar surface area (TPSA) is 345 Å². The van der Waals surface area contributed by atoms with Crippen molar-refractivity contribution in [2.45, 2.75) is 141 Å². The molecule has 0 aromatic heterocycles. The van der Waals surface area contributed by atoms with Crippen molar-refractivity contribution in [3.05, 3.63) is 119 Å². The highest BCUT2D eigenvalue weighted by Gasteiger charge is 2.32. The third-order valence-corrected chi connectivity index (χ3v) is 12.0. The number of hydrogen-bond acceptors (Lipinski definition) is 12. The number of benzene rings is 3. The fraction of sp³-hybridized carbons (Fsp3) is 0.491. The molecular formula is C55H81N11O9. The van der Waals surface area contributed by atoms with Gasteiger partial charge in [0.2, 0.25) is 35.4 Å². The van der Waals surface area contributed by atoms with Crippen LogP contribution in [-0.4, -0.2) is 114 Å². The highest BCUT2D eigenvalue weighted by molar-refractivity contribution is 6.01. The van der Waals surface area contributed by atoms with Crippen molar-refractivity contribution in [3.8, 4) is 0 Å². The lowest BCUT2D eigenvalue weighted by Crippen LogP contribution is -2.58. The number of unbranched alkanes of at least 4 members (excludes halogenated alkanes) is 1. The molecule has 20 heteroatoms. The van der Waals surface area contributed by atoms with Gasteiger partial charge >= 0.3 is 5.97 Å². The quantitative estimate of drug-likeness (QED) is 0.0297. The minimum atomic E-state index is -1.38. The molecule has 0 heterocycles. The molecule has 0 aliphatic carbocycles. The van der Waals surface area contributed by atoms with Crippen molar-refractivity contribution in [3.63, 3.8) is 0 Å². The number of hydrogen-bond donors (Lipinski definition) is 12. The Kier molecular flexibility index (Phi) is 28.0. The predicted molar refractivity (Wildman–Crippen MR) is 288 cm³/mol. The minimum Gasteiger partial charge on any atom is -0.480 e. The first kappa shape index (κ1) is 62.3. The number of carbonyl (C=O) groups is 8. The Hall–Kier alpha value is -7.00. The standard InChI is InChI=1S/C55H81N11O9/c1-35(2)30-45(64-48(67)40(58)32-37-18-8-5-9-19-37)52(71)62-43(26-17-28-57)51(70)63-44(55(74)75)24-14-15-29-60-50(69)42(25-16-27-56)61-53(72)46(31-36(3)4)66-54(73)47(34-39-22-12-7-13-23-39)65-49(68)41(59)33-38-20-10-6-11-21-38/h5-13,18-23,26,35-36,40-42,44-47H,14-17,24-25,27-34,56-59H2,1-4H3,(H,60,69)(H,61,72)(H,62,71)(H,63,70)(H,64,67)(H,65,68)(H,66,73)(H,74,75)/b43-26-/t40-,41-,42-,44+,45-,46-,47-/m1/s1. The SMILES string of the molecule is CC(C)C[C@@H](NC(=O)[C@H](N)Cc1ccccc1)C(=O)N/C(=C\CCN)C(=O)N[C@@H](CCCCNC(=O)[C@@H](CCCN)NC(=O)[C@@H](CC(C)C)NC(=O)[C@@H](Cc1ccccc1)NC(=O)[C@H](N)Cc1ccccc1)C(=O)O. The van der Waals surface area contributed by atoms with E-state index in [1.165, 1.54) is 6.08 Å². The zero-order chi connectivity index (χ0) is 55.3. The molecule has 3 aromatic rings. The largest absolute Gasteiger partial charge is 0.480 e. The van der Waals surface area contributed by atoms with E-state index in [0.29, 0.717) is 6.42 Å². The van der Waals surface area contributed by atoms with Crippen molar-refractivity contribution in [2.24, 2.45) is 34.8 Å². The third-order valence-electron chi connectivity index (χ3n) is 12.0. The van der Waals surface area contributed by atoms with E-state index in [9.17, 15) is 43.5 Å². The number of rotatable bonds is 34. The summed E-state index contributed by atoms with van der Waals surface area (Å²) in [5.41, 5.74) is 26.2. The normalized spacial score (nSPS) is 14.2. The average Bonchev–Trinajstić information content (AvgIpc) is 3.37. The fourth-order valence-corrected chi connectivity index (χ4v) is 8.03. The molecule has 75 heavy (non-hydrogen) atoms. The lowest BCUT2D eigenvalue weighted by molar-refractivity contribution is -0.141. The molecule has 0 radical (unpaired) electrons. The fourth-order valence-electron chi connectivity index (χ4n) is 8.03. The highest BCUT2D eigenvalue weighted by Crippen LogP contribution is 2.13. The molecule has 3 rings (SSSR count). The number of nitrogens with one attached hydrogen (secondary N) is 7. The van der Waals surface area contributed by atoms with Crippen LogP contribution >= 0.6 is 0 Å². The van der Waals surface area contributed by atoms with Gasteiger partial charge in [0.25, 0.3) is 5.91 Å². The minimum absolute atomic E-state index is 0.0431. The summed E-state index contributed by atoms with van der Waals surface area (Å²) in [6.07, 6.45) is 3.61. The van der Waals surface area contributed by atoms with Gasteiger partial charge in [-0.05, 0) is 106 Å². The molecule has 3 aromatic carbocycles. The van der Waals surface area contributed by atoms with Crippen LogP contribution in [0.1, 0.15) is 95.8 Å². The zero-order valence-corrected chi connectivity index (χ0v) is 43.9. The van der Waals surface area contributed by atoms with Crippen molar-refractivity contribution >= 4 is 47.3 Å². The summed E-state index contributed by atoms with van der Waals surface area (Å²) in [6.45, 7) is 7.92. The number of aliphatic carboxylic acids is 1. The highest BCUT2D eigenvalue weighted by atomic mass is 16.4. The molecule has 0 bridgehead atoms. The Labute approximate surface area is 441 Å². The van der Waals surface area contributed by atoms with Crippen LogP contribution in [0.5, 0.6) is 0 Å². The van der Waals surface area contributed by atoms with Crippen molar-refractivity contribution in [1.82, 2.24) is 37.2 Å². The van der Waals surface area contributed by atoms with Gasteiger partial charge < -0.3 is 65.3 Å². The summed E-state index contributed by atoms with van der Waals surface area (Å²) in [4.78, 5) is 108. The van der Waals surface area contributed by atoms with Gasteiger partial charge in [-0.15, -0.1) is 0 Å². The van der Waals surface area contributed by atoms with Gasteiger partial charge in [0.05, 0.1) is 12.1 Å². The Bertz CT molecular complexity index is 2300. The molecule has 410 valence electrons. The predicted octanol–water partition coefficient (Wildman–Crippen LogP) is 1.34. The number of carboxylic acid groups (broad SMARTS) is 1. The maximum Gasteiger partial charge on any atom is 0.326 e. The maximum atomic E-state index is 14.0. The number of amides is 7. The first-order valence-electron chi connectivity index (χ1n) is 25.9. The Balaban J connectivity index is 1.63. The van der Waals surface area contributed by atoms with Gasteiger partial charge in [-0.2, -0.15) is 0 Å². The van der Waals surface area contributed by atoms with Gasteiger partial charge in [0.15, 0.2) is 0 Å². The van der Waals surface area contributed by atoms with Gasteiger partial charge in [-0.1, -0.05) is 125 Å². The van der Waals surface area contributed by atoms with Crippen LogP contribution < -0.4 is 60.2 Å². The average molecular weight is 1040 g/mol. The monoisotopic (exact) mass is 1040 g/mol. The summed E-state index contributed by atoms with van der Waals surface area (Å²) in [6, 6.07) is 19.9. The lowest BCUT2D eigenvalue weighted by atomic mass is 10.00. The molecule has 20 nitrogen and oxygen atoms in total. The molecular weight excluding hydrogens is 959 g/mol. The second kappa shape index (κ2) is 33.7. The Morgan fingerprint density at radius 3 is 1.41 bits per heavy atom. The van der Waals surface area contributed by atoms with E-state index in [0.717, 1.165) is 16.7 Å². The van der Waals surface area contributed by atoms with E-state index < -0.39 is 89.6 Å². The number of carboxylic acids is 1. The first-order valence-corrected chi connectivity index (χ1v) is 25.9. The number of nitrogens with two attached hydrogens (primary N) is 4. The van der Waals surface area contributed by atoms with E-state index in [2.05, 4.69) is 37.2 Å². The second-order valence-electron chi connectivity index (χ2n) is 19.6. The van der Waals surface area contributed by atoms with E-state index in [4.69, 9.17) is 22.9 Å². The number of carbonyl (C=O) groups excluding carboxylic acids is 7. The zero-order valence-electron chi connectivity index (χ0n) is 43.9. The van der Waals surface area contributed by atoms with Crippen LogP contribution in [0.3, 0.4) is 0 Å². The summed E-state index contributed by atoms with van der Waals surface area (Å²) >= 11 is 0. The van der Waals surface area contributed by atoms with Crippen LogP contribution in [-0.2, 0) is 57.6 Å². The molecule has 0 unspecified atom stereocenters.